The number of carbonyl (C=O) groups is 2. The number of ether oxygens (including phenoxy) is 1. The van der Waals surface area contributed by atoms with Crippen molar-refractivity contribution in [3.05, 3.63) is 108 Å². The van der Waals surface area contributed by atoms with Crippen LogP contribution in [0.4, 0.5) is 4.79 Å². The third-order valence-corrected chi connectivity index (χ3v) is 5.51. The van der Waals surface area contributed by atoms with E-state index in [0.29, 0.717) is 19.3 Å². The summed E-state index contributed by atoms with van der Waals surface area (Å²) in [5, 5.41) is 0. The molecule has 2 amide bonds. The summed E-state index contributed by atoms with van der Waals surface area (Å²) in [6.45, 7) is 0.239. The lowest BCUT2D eigenvalue weighted by Gasteiger charge is -2.25. The molecule has 0 aliphatic carbocycles. The summed E-state index contributed by atoms with van der Waals surface area (Å²) in [6.07, 6.45) is 1.22. The molecule has 30 heavy (non-hydrogen) atoms. The van der Waals surface area contributed by atoms with Gasteiger partial charge in [-0.2, -0.15) is 0 Å². The fourth-order valence-corrected chi connectivity index (χ4v) is 4.01. The molecule has 3 aromatic rings. The van der Waals surface area contributed by atoms with Crippen LogP contribution >= 0.6 is 0 Å². The van der Waals surface area contributed by atoms with E-state index in [2.05, 4.69) is 0 Å². The SMILES string of the molecule is O=C1OC[C@@H](Cc2ccccc2)N1C(=O)C(Cc1ccccc1)Cc1ccccc1. The van der Waals surface area contributed by atoms with E-state index < -0.39 is 6.09 Å². The van der Waals surface area contributed by atoms with Gasteiger partial charge in [0, 0.05) is 5.92 Å². The Morgan fingerprint density at radius 1 is 0.800 bits per heavy atom. The van der Waals surface area contributed by atoms with Crippen LogP contribution in [-0.4, -0.2) is 29.5 Å². The number of amides is 2. The van der Waals surface area contributed by atoms with Crippen LogP contribution in [0.2, 0.25) is 0 Å². The van der Waals surface area contributed by atoms with Crippen molar-refractivity contribution < 1.29 is 14.3 Å². The third-order valence-electron chi connectivity index (χ3n) is 5.51. The van der Waals surface area contributed by atoms with Crippen LogP contribution < -0.4 is 0 Å². The second-order valence-electron chi connectivity index (χ2n) is 7.71. The zero-order chi connectivity index (χ0) is 20.8. The Bertz CT molecular complexity index is 931. The molecule has 1 aliphatic rings. The van der Waals surface area contributed by atoms with Crippen LogP contribution in [0, 0.1) is 5.92 Å². The molecule has 0 radical (unpaired) electrons. The van der Waals surface area contributed by atoms with E-state index in [1.54, 1.807) is 0 Å². The van der Waals surface area contributed by atoms with Gasteiger partial charge in [-0.05, 0) is 36.0 Å². The lowest BCUT2D eigenvalue weighted by atomic mass is 9.90. The van der Waals surface area contributed by atoms with Crippen molar-refractivity contribution in [1.82, 2.24) is 4.90 Å². The molecule has 4 heteroatoms. The number of imide groups is 1. The van der Waals surface area contributed by atoms with Gasteiger partial charge in [0.15, 0.2) is 0 Å². The highest BCUT2D eigenvalue weighted by molar-refractivity contribution is 5.95. The Morgan fingerprint density at radius 2 is 1.27 bits per heavy atom. The normalized spacial score (nSPS) is 16.0. The van der Waals surface area contributed by atoms with E-state index in [-0.39, 0.29) is 24.5 Å². The molecular weight excluding hydrogens is 374 g/mol. The van der Waals surface area contributed by atoms with Gasteiger partial charge in [-0.15, -0.1) is 0 Å². The van der Waals surface area contributed by atoms with Gasteiger partial charge in [-0.25, -0.2) is 9.69 Å². The van der Waals surface area contributed by atoms with Crippen LogP contribution in [0.15, 0.2) is 91.0 Å². The van der Waals surface area contributed by atoms with E-state index in [1.807, 2.05) is 91.0 Å². The van der Waals surface area contributed by atoms with Crippen LogP contribution in [-0.2, 0) is 28.8 Å². The minimum absolute atomic E-state index is 0.161. The predicted molar refractivity (Wildman–Crippen MR) is 116 cm³/mol. The number of hydrogen-bond donors (Lipinski definition) is 0. The number of carbonyl (C=O) groups excluding carboxylic acids is 2. The highest BCUT2D eigenvalue weighted by atomic mass is 16.6. The first kappa shape index (κ1) is 19.9. The molecular formula is C26H25NO3. The molecule has 0 bridgehead atoms. The first-order valence-corrected chi connectivity index (χ1v) is 10.3. The molecule has 4 rings (SSSR count). The summed E-state index contributed by atoms with van der Waals surface area (Å²) < 4.78 is 5.29. The molecule has 0 N–H and O–H groups in total. The Hall–Kier alpha value is -3.40. The van der Waals surface area contributed by atoms with Gasteiger partial charge >= 0.3 is 6.09 Å². The summed E-state index contributed by atoms with van der Waals surface area (Å²) in [4.78, 5) is 27.4. The van der Waals surface area contributed by atoms with Crippen molar-refractivity contribution in [2.24, 2.45) is 5.92 Å². The van der Waals surface area contributed by atoms with E-state index in [9.17, 15) is 9.59 Å². The van der Waals surface area contributed by atoms with Crippen molar-refractivity contribution in [3.63, 3.8) is 0 Å². The highest BCUT2D eigenvalue weighted by Crippen LogP contribution is 2.24. The summed E-state index contributed by atoms with van der Waals surface area (Å²) in [7, 11) is 0. The number of benzene rings is 3. The minimum atomic E-state index is -0.535. The molecule has 1 fully saturated rings. The molecule has 1 saturated heterocycles. The van der Waals surface area contributed by atoms with Gasteiger partial charge in [0.1, 0.15) is 6.61 Å². The highest BCUT2D eigenvalue weighted by Gasteiger charge is 2.40. The van der Waals surface area contributed by atoms with Gasteiger partial charge in [0.25, 0.3) is 0 Å². The summed E-state index contributed by atoms with van der Waals surface area (Å²) in [6, 6.07) is 29.5. The number of hydrogen-bond acceptors (Lipinski definition) is 3. The van der Waals surface area contributed by atoms with Crippen molar-refractivity contribution >= 4 is 12.0 Å². The van der Waals surface area contributed by atoms with E-state index >= 15 is 0 Å². The fourth-order valence-electron chi connectivity index (χ4n) is 4.01. The lowest BCUT2D eigenvalue weighted by Crippen LogP contribution is -2.44. The Kier molecular flexibility index (Phi) is 6.23. The molecule has 3 aromatic carbocycles. The van der Waals surface area contributed by atoms with Gasteiger partial charge in [0.05, 0.1) is 6.04 Å². The van der Waals surface area contributed by atoms with Gasteiger partial charge in [0.2, 0.25) is 5.91 Å². The van der Waals surface area contributed by atoms with Gasteiger partial charge < -0.3 is 4.74 Å². The second kappa shape index (κ2) is 9.40. The molecule has 0 saturated carbocycles. The van der Waals surface area contributed by atoms with Crippen molar-refractivity contribution in [3.8, 4) is 0 Å². The molecule has 0 spiro atoms. The average molecular weight is 399 g/mol. The first-order valence-electron chi connectivity index (χ1n) is 10.3. The number of cyclic esters (lactones) is 1. The molecule has 4 nitrogen and oxygen atoms in total. The Labute approximate surface area is 177 Å². The van der Waals surface area contributed by atoms with Crippen molar-refractivity contribution in [2.75, 3.05) is 6.61 Å². The minimum Gasteiger partial charge on any atom is -0.447 e. The maximum Gasteiger partial charge on any atom is 0.416 e. The summed E-state index contributed by atoms with van der Waals surface area (Å²) in [5.41, 5.74) is 3.25. The molecule has 1 atom stereocenters. The van der Waals surface area contributed by atoms with Crippen LogP contribution in [0.25, 0.3) is 0 Å². The third kappa shape index (κ3) is 4.77. The smallest absolute Gasteiger partial charge is 0.416 e. The monoisotopic (exact) mass is 399 g/mol. The summed E-state index contributed by atoms with van der Waals surface area (Å²) >= 11 is 0. The zero-order valence-corrected chi connectivity index (χ0v) is 16.8. The number of nitrogens with zero attached hydrogens (tertiary/aromatic N) is 1. The van der Waals surface area contributed by atoms with Crippen LogP contribution in [0.5, 0.6) is 0 Å². The first-order chi connectivity index (χ1) is 14.7. The van der Waals surface area contributed by atoms with Crippen molar-refractivity contribution in [1.29, 1.82) is 0 Å². The lowest BCUT2D eigenvalue weighted by molar-refractivity contribution is -0.133. The topological polar surface area (TPSA) is 46.6 Å². The quantitative estimate of drug-likeness (QED) is 0.580. The Morgan fingerprint density at radius 3 is 1.77 bits per heavy atom. The molecule has 0 aromatic heterocycles. The van der Waals surface area contributed by atoms with E-state index in [0.717, 1.165) is 16.7 Å². The van der Waals surface area contributed by atoms with Crippen LogP contribution in [0.1, 0.15) is 16.7 Å². The second-order valence-corrected chi connectivity index (χ2v) is 7.71. The average Bonchev–Trinajstić information content (AvgIpc) is 3.15. The molecule has 1 heterocycles. The van der Waals surface area contributed by atoms with Crippen LogP contribution in [0.3, 0.4) is 0 Å². The molecule has 0 unspecified atom stereocenters. The van der Waals surface area contributed by atoms with E-state index in [4.69, 9.17) is 4.74 Å². The molecule has 152 valence electrons. The van der Waals surface area contributed by atoms with Gasteiger partial charge in [-0.1, -0.05) is 91.0 Å². The zero-order valence-electron chi connectivity index (χ0n) is 16.8. The van der Waals surface area contributed by atoms with E-state index in [1.165, 1.54) is 4.90 Å². The van der Waals surface area contributed by atoms with Crippen molar-refractivity contribution in [2.45, 2.75) is 25.3 Å². The predicted octanol–water partition coefficient (Wildman–Crippen LogP) is 4.68. The fraction of sp³-hybridized carbons (Fsp3) is 0.231. The largest absolute Gasteiger partial charge is 0.447 e. The maximum absolute atomic E-state index is 13.6. The standard InChI is InChI=1S/C26H25NO3/c28-25(27-24(19-30-26(27)29)18-22-14-8-3-9-15-22)23(16-20-10-4-1-5-11-20)17-21-12-6-2-7-13-21/h1-15,23-24H,16-19H2/t24-/m1/s1. The number of rotatable bonds is 7. The van der Waals surface area contributed by atoms with Gasteiger partial charge in [-0.3, -0.25) is 4.79 Å². The Balaban J connectivity index is 1.57. The molecule has 1 aliphatic heterocycles. The maximum atomic E-state index is 13.6. The summed E-state index contributed by atoms with van der Waals surface area (Å²) in [5.74, 6) is -0.495.